The van der Waals surface area contributed by atoms with Crippen LogP contribution in [0.4, 0.5) is 5.69 Å². The van der Waals surface area contributed by atoms with Gasteiger partial charge < -0.3 is 20.7 Å². The zero-order valence-corrected chi connectivity index (χ0v) is 12.2. The van der Waals surface area contributed by atoms with Crippen LogP contribution < -0.4 is 10.6 Å². The number of nitrogens with zero attached hydrogens (tertiary/aromatic N) is 4. The number of amidine groups is 1. The van der Waals surface area contributed by atoms with E-state index in [4.69, 9.17) is 10.9 Å². The number of hydrogen-bond donors (Lipinski definition) is 2. The van der Waals surface area contributed by atoms with Gasteiger partial charge in [0.05, 0.1) is 5.69 Å². The van der Waals surface area contributed by atoms with Crippen LogP contribution in [0.15, 0.2) is 23.5 Å². The van der Waals surface area contributed by atoms with E-state index < -0.39 is 0 Å². The van der Waals surface area contributed by atoms with Gasteiger partial charge in [0.2, 0.25) is 0 Å². The lowest BCUT2D eigenvalue weighted by atomic mass is 9.96. The zero-order chi connectivity index (χ0) is 14.5. The largest absolute Gasteiger partial charge is 0.409 e. The van der Waals surface area contributed by atoms with Crippen molar-refractivity contribution in [3.8, 4) is 0 Å². The molecular weight excluding hydrogens is 254 g/mol. The number of aromatic nitrogens is 1. The van der Waals surface area contributed by atoms with Gasteiger partial charge in [0.1, 0.15) is 5.69 Å². The fourth-order valence-electron chi connectivity index (χ4n) is 2.77. The van der Waals surface area contributed by atoms with E-state index in [-0.39, 0.29) is 5.84 Å². The van der Waals surface area contributed by atoms with E-state index in [0.29, 0.717) is 5.69 Å². The van der Waals surface area contributed by atoms with E-state index >= 15 is 0 Å². The van der Waals surface area contributed by atoms with E-state index in [1.165, 1.54) is 0 Å². The summed E-state index contributed by atoms with van der Waals surface area (Å²) in [5.74, 6) is 0.807. The molecule has 0 radical (unpaired) electrons. The minimum atomic E-state index is 0.0658. The van der Waals surface area contributed by atoms with Crippen LogP contribution in [0.3, 0.4) is 0 Å². The topological polar surface area (TPSA) is 78.0 Å². The second-order valence-electron chi connectivity index (χ2n) is 5.55. The molecule has 1 aliphatic rings. The van der Waals surface area contributed by atoms with Gasteiger partial charge in [-0.3, -0.25) is 4.98 Å². The highest BCUT2D eigenvalue weighted by molar-refractivity contribution is 6.00. The smallest absolute Gasteiger partial charge is 0.190 e. The Labute approximate surface area is 119 Å². The van der Waals surface area contributed by atoms with Gasteiger partial charge >= 0.3 is 0 Å². The summed E-state index contributed by atoms with van der Waals surface area (Å²) in [6.45, 7) is 3.10. The van der Waals surface area contributed by atoms with Crippen LogP contribution in [0.5, 0.6) is 0 Å². The van der Waals surface area contributed by atoms with Crippen LogP contribution in [0.1, 0.15) is 18.5 Å². The Kier molecular flexibility index (Phi) is 4.79. The number of oxime groups is 1. The summed E-state index contributed by atoms with van der Waals surface area (Å²) in [6, 6.07) is 3.86. The fraction of sp³-hybridized carbons (Fsp3) is 0.571. The highest BCUT2D eigenvalue weighted by Crippen LogP contribution is 2.25. The SMILES string of the molecule is CN(C)CC1CCN(c2cccnc2/C(N)=N/O)CC1. The molecule has 0 bridgehead atoms. The first-order valence-electron chi connectivity index (χ1n) is 6.94. The van der Waals surface area contributed by atoms with Crippen LogP contribution in [0, 0.1) is 5.92 Å². The molecule has 1 aromatic heterocycles. The van der Waals surface area contributed by atoms with Gasteiger partial charge in [-0.05, 0) is 45.0 Å². The van der Waals surface area contributed by atoms with Gasteiger partial charge in [-0.1, -0.05) is 5.16 Å². The number of anilines is 1. The summed E-state index contributed by atoms with van der Waals surface area (Å²) in [5.41, 5.74) is 7.21. The molecule has 1 aliphatic heterocycles. The highest BCUT2D eigenvalue weighted by atomic mass is 16.4. The van der Waals surface area contributed by atoms with E-state index in [1.54, 1.807) is 6.20 Å². The standard InChI is InChI=1S/C14H23N5O/c1-18(2)10-11-5-8-19(9-6-11)12-4-3-7-16-13(12)14(15)17-20/h3-4,7,11,20H,5-6,8-10H2,1-2H3,(H2,15,17). The number of rotatable bonds is 4. The van der Waals surface area contributed by atoms with Gasteiger partial charge in [-0.2, -0.15) is 0 Å². The summed E-state index contributed by atoms with van der Waals surface area (Å²) >= 11 is 0. The number of piperidine rings is 1. The van der Waals surface area contributed by atoms with E-state index in [9.17, 15) is 0 Å². The quantitative estimate of drug-likeness (QED) is 0.371. The predicted molar refractivity (Wildman–Crippen MR) is 80.2 cm³/mol. The van der Waals surface area contributed by atoms with Crippen molar-refractivity contribution in [3.05, 3.63) is 24.0 Å². The van der Waals surface area contributed by atoms with Crippen molar-refractivity contribution in [1.29, 1.82) is 0 Å². The van der Waals surface area contributed by atoms with E-state index in [1.807, 2.05) is 12.1 Å². The third-order valence-electron chi connectivity index (χ3n) is 3.72. The van der Waals surface area contributed by atoms with E-state index in [2.05, 4.69) is 34.0 Å². The molecule has 0 amide bonds. The second-order valence-corrected chi connectivity index (χ2v) is 5.55. The van der Waals surface area contributed by atoms with Crippen molar-refractivity contribution < 1.29 is 5.21 Å². The molecule has 0 atom stereocenters. The molecule has 0 aliphatic carbocycles. The molecule has 6 heteroatoms. The highest BCUT2D eigenvalue weighted by Gasteiger charge is 2.22. The van der Waals surface area contributed by atoms with Crippen LogP contribution in [-0.2, 0) is 0 Å². The Hall–Kier alpha value is -1.82. The van der Waals surface area contributed by atoms with Crippen molar-refractivity contribution in [3.63, 3.8) is 0 Å². The summed E-state index contributed by atoms with van der Waals surface area (Å²) < 4.78 is 0. The summed E-state index contributed by atoms with van der Waals surface area (Å²) in [5, 5.41) is 11.9. The fourth-order valence-corrected chi connectivity index (χ4v) is 2.77. The molecule has 0 saturated carbocycles. The van der Waals surface area contributed by atoms with Gasteiger partial charge in [-0.25, -0.2) is 0 Å². The predicted octanol–water partition coefficient (Wildman–Crippen LogP) is 0.954. The maximum Gasteiger partial charge on any atom is 0.190 e. The molecule has 2 rings (SSSR count). The lowest BCUT2D eigenvalue weighted by Gasteiger charge is -2.35. The van der Waals surface area contributed by atoms with Gasteiger partial charge in [0.25, 0.3) is 0 Å². The van der Waals surface area contributed by atoms with Gasteiger partial charge in [0.15, 0.2) is 5.84 Å². The van der Waals surface area contributed by atoms with Crippen LogP contribution in [0.25, 0.3) is 0 Å². The average Bonchev–Trinajstić information content (AvgIpc) is 2.46. The maximum absolute atomic E-state index is 8.85. The zero-order valence-electron chi connectivity index (χ0n) is 12.2. The Morgan fingerprint density at radius 3 is 2.80 bits per heavy atom. The molecule has 0 aromatic carbocycles. The van der Waals surface area contributed by atoms with Crippen LogP contribution in [-0.4, -0.2) is 54.7 Å². The molecule has 110 valence electrons. The molecule has 2 heterocycles. The summed E-state index contributed by atoms with van der Waals surface area (Å²) in [7, 11) is 4.23. The second kappa shape index (κ2) is 6.56. The molecule has 3 N–H and O–H groups in total. The summed E-state index contributed by atoms with van der Waals surface area (Å²) in [4.78, 5) is 8.74. The van der Waals surface area contributed by atoms with Gasteiger partial charge in [-0.15, -0.1) is 0 Å². The van der Waals surface area contributed by atoms with Crippen molar-refractivity contribution in [1.82, 2.24) is 9.88 Å². The first-order chi connectivity index (χ1) is 9.61. The van der Waals surface area contributed by atoms with Crippen molar-refractivity contribution in [2.75, 3.05) is 38.6 Å². The minimum absolute atomic E-state index is 0.0658. The maximum atomic E-state index is 8.85. The molecular formula is C14H23N5O. The molecule has 0 spiro atoms. The normalized spacial score (nSPS) is 17.8. The Morgan fingerprint density at radius 1 is 1.50 bits per heavy atom. The first-order valence-corrected chi connectivity index (χ1v) is 6.94. The average molecular weight is 277 g/mol. The third-order valence-corrected chi connectivity index (χ3v) is 3.72. The van der Waals surface area contributed by atoms with Gasteiger partial charge in [0, 0.05) is 25.8 Å². The third kappa shape index (κ3) is 3.39. The Bertz CT molecular complexity index is 466. The summed E-state index contributed by atoms with van der Waals surface area (Å²) in [6.07, 6.45) is 3.97. The lowest BCUT2D eigenvalue weighted by Crippen LogP contribution is -2.38. The molecule has 20 heavy (non-hydrogen) atoms. The van der Waals surface area contributed by atoms with Crippen molar-refractivity contribution in [2.45, 2.75) is 12.8 Å². The first kappa shape index (κ1) is 14.6. The molecule has 0 unspecified atom stereocenters. The Morgan fingerprint density at radius 2 is 2.20 bits per heavy atom. The number of hydrogen-bond acceptors (Lipinski definition) is 5. The van der Waals surface area contributed by atoms with E-state index in [0.717, 1.165) is 44.1 Å². The minimum Gasteiger partial charge on any atom is -0.409 e. The Balaban J connectivity index is 2.07. The molecule has 1 fully saturated rings. The number of pyridine rings is 1. The monoisotopic (exact) mass is 277 g/mol. The lowest BCUT2D eigenvalue weighted by molar-refractivity contribution is 0.285. The van der Waals surface area contributed by atoms with Crippen molar-refractivity contribution in [2.24, 2.45) is 16.8 Å². The molecule has 1 saturated heterocycles. The molecule has 1 aromatic rings. The van der Waals surface area contributed by atoms with Crippen LogP contribution in [0.2, 0.25) is 0 Å². The molecule has 6 nitrogen and oxygen atoms in total. The number of nitrogens with two attached hydrogens (primary N) is 1. The van der Waals surface area contributed by atoms with Crippen LogP contribution >= 0.6 is 0 Å². The van der Waals surface area contributed by atoms with Crippen molar-refractivity contribution >= 4 is 11.5 Å².